The van der Waals surface area contributed by atoms with Crippen molar-refractivity contribution in [2.75, 3.05) is 0 Å². The molecule has 0 amide bonds. The first kappa shape index (κ1) is 23.4. The van der Waals surface area contributed by atoms with E-state index in [2.05, 4.69) is 6.92 Å². The van der Waals surface area contributed by atoms with Crippen molar-refractivity contribution in [2.45, 2.75) is 129 Å². The minimum Gasteiger partial charge on any atom is -0.480 e. The summed E-state index contributed by atoms with van der Waals surface area (Å²) in [5.74, 6) is -0.886. The molecular formula is C21H43NO2. The van der Waals surface area contributed by atoms with Gasteiger partial charge in [-0.3, -0.25) is 4.79 Å². The molecule has 3 heteroatoms. The highest BCUT2D eigenvalue weighted by molar-refractivity contribution is 5.77. The normalized spacial score (nSPS) is 13.8. The highest BCUT2D eigenvalue weighted by Crippen LogP contribution is 2.16. The van der Waals surface area contributed by atoms with Gasteiger partial charge in [0.2, 0.25) is 0 Å². The molecule has 0 aliphatic rings. The van der Waals surface area contributed by atoms with Gasteiger partial charge < -0.3 is 10.8 Å². The second-order valence-electron chi connectivity index (χ2n) is 7.78. The van der Waals surface area contributed by atoms with Crippen molar-refractivity contribution >= 4 is 5.97 Å². The maximum atomic E-state index is 10.9. The summed E-state index contributed by atoms with van der Waals surface area (Å²) in [4.78, 5) is 10.9. The molecule has 144 valence electrons. The number of carbonyl (C=O) groups is 1. The zero-order valence-corrected chi connectivity index (χ0v) is 16.5. The number of rotatable bonds is 18. The lowest BCUT2D eigenvalue weighted by molar-refractivity contribution is -0.142. The molecule has 0 aliphatic carbocycles. The molecule has 0 saturated heterocycles. The first-order valence-electron chi connectivity index (χ1n) is 10.5. The van der Waals surface area contributed by atoms with E-state index in [4.69, 9.17) is 10.8 Å². The van der Waals surface area contributed by atoms with Gasteiger partial charge in [0.1, 0.15) is 5.54 Å². The summed E-state index contributed by atoms with van der Waals surface area (Å²) in [5, 5.41) is 8.94. The molecule has 0 bridgehead atoms. The van der Waals surface area contributed by atoms with E-state index in [9.17, 15) is 4.79 Å². The highest BCUT2D eigenvalue weighted by atomic mass is 16.4. The van der Waals surface area contributed by atoms with Crippen LogP contribution < -0.4 is 5.73 Å². The van der Waals surface area contributed by atoms with Gasteiger partial charge in [-0.1, -0.05) is 110 Å². The predicted molar refractivity (Wildman–Crippen MR) is 104 cm³/mol. The number of hydrogen-bond acceptors (Lipinski definition) is 2. The van der Waals surface area contributed by atoms with Crippen molar-refractivity contribution in [3.8, 4) is 0 Å². The molecule has 0 spiro atoms. The van der Waals surface area contributed by atoms with Crippen LogP contribution in [-0.4, -0.2) is 16.6 Å². The van der Waals surface area contributed by atoms with Gasteiger partial charge in [-0.25, -0.2) is 0 Å². The molecule has 3 nitrogen and oxygen atoms in total. The Labute approximate surface area is 150 Å². The Hall–Kier alpha value is -0.570. The molecule has 1 atom stereocenters. The van der Waals surface area contributed by atoms with E-state index < -0.39 is 11.5 Å². The molecule has 24 heavy (non-hydrogen) atoms. The van der Waals surface area contributed by atoms with E-state index in [-0.39, 0.29) is 0 Å². The van der Waals surface area contributed by atoms with E-state index in [1.807, 2.05) is 0 Å². The lowest BCUT2D eigenvalue weighted by atomic mass is 9.95. The summed E-state index contributed by atoms with van der Waals surface area (Å²) >= 11 is 0. The third-order valence-corrected chi connectivity index (χ3v) is 5.04. The molecular weight excluding hydrogens is 298 g/mol. The third-order valence-electron chi connectivity index (χ3n) is 5.04. The van der Waals surface area contributed by atoms with Crippen LogP contribution in [0.4, 0.5) is 0 Å². The van der Waals surface area contributed by atoms with Crippen LogP contribution in [0.25, 0.3) is 0 Å². The molecule has 0 saturated carbocycles. The third kappa shape index (κ3) is 15.0. The van der Waals surface area contributed by atoms with Gasteiger partial charge in [0.05, 0.1) is 0 Å². The Kier molecular flexibility index (Phi) is 15.6. The minimum atomic E-state index is -1.05. The molecule has 0 radical (unpaired) electrons. The van der Waals surface area contributed by atoms with Gasteiger partial charge in [-0.2, -0.15) is 0 Å². The number of carboxylic acid groups (broad SMARTS) is 1. The average molecular weight is 342 g/mol. The van der Waals surface area contributed by atoms with Crippen LogP contribution in [0.5, 0.6) is 0 Å². The fourth-order valence-electron chi connectivity index (χ4n) is 3.15. The highest BCUT2D eigenvalue weighted by Gasteiger charge is 2.26. The standard InChI is InChI=1S/C21H43NO2/c1-3-4-5-6-7-8-9-10-11-12-13-14-15-16-17-18-19-21(2,22)20(23)24/h3-19,22H2,1-2H3,(H,23,24). The van der Waals surface area contributed by atoms with Crippen molar-refractivity contribution in [1.29, 1.82) is 0 Å². The molecule has 0 aromatic rings. The Balaban J connectivity index is 3.14. The number of hydrogen-bond donors (Lipinski definition) is 2. The Morgan fingerprint density at radius 2 is 1.00 bits per heavy atom. The smallest absolute Gasteiger partial charge is 0.323 e. The summed E-state index contributed by atoms with van der Waals surface area (Å²) in [6.07, 6.45) is 21.9. The van der Waals surface area contributed by atoms with Gasteiger partial charge in [0, 0.05) is 0 Å². The van der Waals surface area contributed by atoms with Crippen LogP contribution in [0.15, 0.2) is 0 Å². The van der Waals surface area contributed by atoms with Gasteiger partial charge in [-0.15, -0.1) is 0 Å². The second kappa shape index (κ2) is 15.9. The summed E-state index contributed by atoms with van der Waals surface area (Å²) in [6, 6.07) is 0. The van der Waals surface area contributed by atoms with Crippen molar-refractivity contribution < 1.29 is 9.90 Å². The first-order chi connectivity index (χ1) is 11.5. The van der Waals surface area contributed by atoms with Crippen LogP contribution in [0.2, 0.25) is 0 Å². The SMILES string of the molecule is CCCCCCCCCCCCCCCCCCC(C)(N)C(=O)O. The summed E-state index contributed by atoms with van der Waals surface area (Å²) in [5.41, 5.74) is 4.68. The monoisotopic (exact) mass is 341 g/mol. The molecule has 0 heterocycles. The topological polar surface area (TPSA) is 63.3 Å². The lowest BCUT2D eigenvalue weighted by Gasteiger charge is -2.18. The molecule has 0 rings (SSSR count). The average Bonchev–Trinajstić information content (AvgIpc) is 2.54. The van der Waals surface area contributed by atoms with Crippen LogP contribution >= 0.6 is 0 Å². The van der Waals surface area contributed by atoms with E-state index in [0.717, 1.165) is 12.8 Å². The molecule has 1 unspecified atom stereocenters. The van der Waals surface area contributed by atoms with Crippen molar-refractivity contribution in [3.63, 3.8) is 0 Å². The summed E-state index contributed by atoms with van der Waals surface area (Å²) in [7, 11) is 0. The molecule has 3 N–H and O–H groups in total. The molecule has 0 fully saturated rings. The fraction of sp³-hybridized carbons (Fsp3) is 0.952. The number of aliphatic carboxylic acids is 1. The minimum absolute atomic E-state index is 0.584. The second-order valence-corrected chi connectivity index (χ2v) is 7.78. The van der Waals surface area contributed by atoms with Gasteiger partial charge in [0.25, 0.3) is 0 Å². The molecule has 0 aromatic heterocycles. The van der Waals surface area contributed by atoms with Crippen LogP contribution in [0.3, 0.4) is 0 Å². The van der Waals surface area contributed by atoms with E-state index in [1.54, 1.807) is 6.92 Å². The van der Waals surface area contributed by atoms with E-state index in [1.165, 1.54) is 89.9 Å². The number of carboxylic acids is 1. The predicted octanol–water partition coefficient (Wildman–Crippen LogP) is 6.44. The Morgan fingerprint density at radius 3 is 1.29 bits per heavy atom. The largest absolute Gasteiger partial charge is 0.480 e. The number of unbranched alkanes of at least 4 members (excludes halogenated alkanes) is 15. The Bertz CT molecular complexity index is 290. The van der Waals surface area contributed by atoms with E-state index in [0.29, 0.717) is 6.42 Å². The van der Waals surface area contributed by atoms with Crippen molar-refractivity contribution in [3.05, 3.63) is 0 Å². The zero-order chi connectivity index (χ0) is 18.1. The molecule has 0 aliphatic heterocycles. The van der Waals surface area contributed by atoms with Gasteiger partial charge in [0.15, 0.2) is 0 Å². The quantitative estimate of drug-likeness (QED) is 0.282. The lowest BCUT2D eigenvalue weighted by Crippen LogP contribution is -2.44. The molecule has 0 aromatic carbocycles. The maximum Gasteiger partial charge on any atom is 0.323 e. The van der Waals surface area contributed by atoms with Gasteiger partial charge in [-0.05, 0) is 13.3 Å². The van der Waals surface area contributed by atoms with Crippen LogP contribution in [0.1, 0.15) is 123 Å². The Morgan fingerprint density at radius 1 is 0.708 bits per heavy atom. The summed E-state index contributed by atoms with van der Waals surface area (Å²) < 4.78 is 0. The summed E-state index contributed by atoms with van der Waals surface area (Å²) in [6.45, 7) is 3.88. The maximum absolute atomic E-state index is 10.9. The fourth-order valence-corrected chi connectivity index (χ4v) is 3.15. The zero-order valence-electron chi connectivity index (χ0n) is 16.5. The first-order valence-corrected chi connectivity index (χ1v) is 10.5. The van der Waals surface area contributed by atoms with Crippen molar-refractivity contribution in [2.24, 2.45) is 5.73 Å². The van der Waals surface area contributed by atoms with Crippen LogP contribution in [-0.2, 0) is 4.79 Å². The van der Waals surface area contributed by atoms with E-state index >= 15 is 0 Å². The number of nitrogens with two attached hydrogens (primary N) is 1. The van der Waals surface area contributed by atoms with Gasteiger partial charge >= 0.3 is 5.97 Å². The van der Waals surface area contributed by atoms with Crippen molar-refractivity contribution in [1.82, 2.24) is 0 Å². The van der Waals surface area contributed by atoms with Crippen LogP contribution in [0, 0.1) is 0 Å².